The van der Waals surface area contributed by atoms with Gasteiger partial charge in [-0.25, -0.2) is 0 Å². The molecule has 0 spiro atoms. The van der Waals surface area contributed by atoms with E-state index in [1.54, 1.807) is 0 Å². The lowest BCUT2D eigenvalue weighted by molar-refractivity contribution is 0.0709. The summed E-state index contributed by atoms with van der Waals surface area (Å²) < 4.78 is 0. The first-order valence-electron chi connectivity index (χ1n) is 9.58. The van der Waals surface area contributed by atoms with Crippen LogP contribution < -0.4 is 0 Å². The Labute approximate surface area is 164 Å². The van der Waals surface area contributed by atoms with E-state index < -0.39 is 0 Å². The summed E-state index contributed by atoms with van der Waals surface area (Å²) in [6, 6.07) is 28.5. The number of carbonyl (C=O) groups excluding carboxylic acids is 1. The summed E-state index contributed by atoms with van der Waals surface area (Å²) in [6.07, 6.45) is 2.64. The van der Waals surface area contributed by atoms with E-state index in [0.717, 1.165) is 34.0 Å². The zero-order valence-corrected chi connectivity index (χ0v) is 15.5. The fourth-order valence-corrected chi connectivity index (χ4v) is 4.17. The molecule has 0 saturated carbocycles. The Hall–Kier alpha value is -3.46. The Morgan fingerprint density at radius 3 is 2.46 bits per heavy atom. The van der Waals surface area contributed by atoms with Gasteiger partial charge in [0.15, 0.2) is 0 Å². The molecule has 5 rings (SSSR count). The minimum absolute atomic E-state index is 0.0229. The van der Waals surface area contributed by atoms with Gasteiger partial charge in [0.25, 0.3) is 5.91 Å². The van der Waals surface area contributed by atoms with Gasteiger partial charge in [-0.2, -0.15) is 0 Å². The molecule has 1 aliphatic rings. The maximum atomic E-state index is 13.2. The lowest BCUT2D eigenvalue weighted by atomic mass is 9.96. The number of carbonyl (C=O) groups is 1. The van der Waals surface area contributed by atoms with Gasteiger partial charge in [0.1, 0.15) is 0 Å². The molecular formula is C25H20N2O. The van der Waals surface area contributed by atoms with Crippen LogP contribution in [0.5, 0.6) is 0 Å². The average Bonchev–Trinajstić information content (AvgIpc) is 3.01. The van der Waals surface area contributed by atoms with Crippen LogP contribution in [0, 0.1) is 0 Å². The molecule has 136 valence electrons. The fraction of sp³-hybridized carbons (Fsp3) is 0.120. The van der Waals surface area contributed by atoms with Crippen LogP contribution in [-0.4, -0.2) is 15.8 Å². The van der Waals surface area contributed by atoms with Crippen molar-refractivity contribution in [1.29, 1.82) is 0 Å². The number of amides is 1. The van der Waals surface area contributed by atoms with Gasteiger partial charge in [-0.15, -0.1) is 0 Å². The van der Waals surface area contributed by atoms with E-state index in [4.69, 9.17) is 0 Å². The molecule has 1 unspecified atom stereocenters. The first kappa shape index (κ1) is 16.7. The maximum absolute atomic E-state index is 13.2. The zero-order valence-electron chi connectivity index (χ0n) is 15.5. The minimum atomic E-state index is 0.0229. The number of aromatic nitrogens is 1. The van der Waals surface area contributed by atoms with Gasteiger partial charge in [0.2, 0.25) is 0 Å². The van der Waals surface area contributed by atoms with Crippen molar-refractivity contribution in [2.75, 3.05) is 0 Å². The highest BCUT2D eigenvalue weighted by atomic mass is 16.2. The monoisotopic (exact) mass is 364 g/mol. The number of rotatable bonds is 4. The Kier molecular flexibility index (Phi) is 4.13. The molecule has 0 saturated heterocycles. The first-order chi connectivity index (χ1) is 13.8. The van der Waals surface area contributed by atoms with E-state index in [2.05, 4.69) is 35.3 Å². The molecule has 0 bridgehead atoms. The molecule has 28 heavy (non-hydrogen) atoms. The highest BCUT2D eigenvalue weighted by molar-refractivity contribution is 5.99. The highest BCUT2D eigenvalue weighted by Gasteiger charge is 2.36. The summed E-state index contributed by atoms with van der Waals surface area (Å²) in [5.41, 5.74) is 5.30. The predicted octanol–water partition coefficient (Wildman–Crippen LogP) is 5.17. The largest absolute Gasteiger partial charge is 0.327 e. The van der Waals surface area contributed by atoms with Crippen molar-refractivity contribution in [3.8, 4) is 0 Å². The van der Waals surface area contributed by atoms with Crippen molar-refractivity contribution >= 4 is 16.8 Å². The molecule has 0 N–H and O–H groups in total. The van der Waals surface area contributed by atoms with Crippen LogP contribution in [0.1, 0.15) is 33.1 Å². The number of nitrogens with zero attached hydrogens (tertiary/aromatic N) is 2. The standard InChI is InChI=1S/C25H20N2O/c28-25-22-12-5-4-11-21(22)24(27(25)17-18-8-2-1-3-9-18)16-19-14-15-26-23-13-7-6-10-20(19)23/h1-15,24H,16-17H2. The number of hydrogen-bond donors (Lipinski definition) is 0. The minimum Gasteiger partial charge on any atom is -0.327 e. The normalized spacial score (nSPS) is 15.8. The van der Waals surface area contributed by atoms with Crippen molar-refractivity contribution in [1.82, 2.24) is 9.88 Å². The van der Waals surface area contributed by atoms with Crippen LogP contribution in [0.4, 0.5) is 0 Å². The second-order valence-electron chi connectivity index (χ2n) is 7.21. The van der Waals surface area contributed by atoms with Crippen LogP contribution in [0.2, 0.25) is 0 Å². The summed E-state index contributed by atoms with van der Waals surface area (Å²) >= 11 is 0. The highest BCUT2D eigenvalue weighted by Crippen LogP contribution is 2.38. The van der Waals surface area contributed by atoms with E-state index >= 15 is 0 Å². The van der Waals surface area contributed by atoms with Crippen LogP contribution >= 0.6 is 0 Å². The Morgan fingerprint density at radius 1 is 0.821 bits per heavy atom. The van der Waals surface area contributed by atoms with E-state index in [0.29, 0.717) is 6.54 Å². The van der Waals surface area contributed by atoms with E-state index in [9.17, 15) is 4.79 Å². The Balaban J connectivity index is 1.56. The van der Waals surface area contributed by atoms with Gasteiger partial charge in [-0.3, -0.25) is 9.78 Å². The number of fused-ring (bicyclic) bond motifs is 2. The summed E-state index contributed by atoms with van der Waals surface area (Å²) in [5, 5.41) is 1.15. The van der Waals surface area contributed by atoms with Crippen molar-refractivity contribution in [2.45, 2.75) is 19.0 Å². The van der Waals surface area contributed by atoms with E-state index in [1.807, 2.05) is 65.7 Å². The van der Waals surface area contributed by atoms with E-state index in [1.165, 1.54) is 5.56 Å². The lowest BCUT2D eigenvalue weighted by Gasteiger charge is -2.26. The van der Waals surface area contributed by atoms with Gasteiger partial charge in [-0.05, 0) is 41.3 Å². The third-order valence-corrected chi connectivity index (χ3v) is 5.54. The van der Waals surface area contributed by atoms with Crippen LogP contribution in [0.3, 0.4) is 0 Å². The molecular weight excluding hydrogens is 344 g/mol. The summed E-state index contributed by atoms with van der Waals surface area (Å²) in [4.78, 5) is 19.7. The molecule has 4 aromatic rings. The van der Waals surface area contributed by atoms with Crippen LogP contribution in [-0.2, 0) is 13.0 Å². The van der Waals surface area contributed by atoms with Crippen LogP contribution in [0.15, 0.2) is 91.1 Å². The Morgan fingerprint density at radius 2 is 1.57 bits per heavy atom. The SMILES string of the molecule is O=C1c2ccccc2C(Cc2ccnc3ccccc23)N1Cc1ccccc1. The number of pyridine rings is 1. The number of hydrogen-bond acceptors (Lipinski definition) is 2. The molecule has 3 heteroatoms. The zero-order chi connectivity index (χ0) is 18.9. The lowest BCUT2D eigenvalue weighted by Crippen LogP contribution is -2.28. The summed E-state index contributed by atoms with van der Waals surface area (Å²) in [7, 11) is 0. The third-order valence-electron chi connectivity index (χ3n) is 5.54. The van der Waals surface area contributed by atoms with Crippen molar-refractivity contribution in [3.05, 3.63) is 113 Å². The topological polar surface area (TPSA) is 33.2 Å². The molecule has 1 aliphatic heterocycles. The average molecular weight is 364 g/mol. The van der Waals surface area contributed by atoms with Gasteiger partial charge in [-0.1, -0.05) is 66.7 Å². The molecule has 3 aromatic carbocycles. The van der Waals surface area contributed by atoms with Crippen molar-refractivity contribution in [2.24, 2.45) is 0 Å². The number of para-hydroxylation sites is 1. The second kappa shape index (κ2) is 6.93. The van der Waals surface area contributed by atoms with Gasteiger partial charge >= 0.3 is 0 Å². The molecule has 0 radical (unpaired) electrons. The molecule has 1 aromatic heterocycles. The van der Waals surface area contributed by atoms with Gasteiger partial charge in [0, 0.05) is 23.7 Å². The summed E-state index contributed by atoms with van der Waals surface area (Å²) in [5.74, 6) is 0.114. The smallest absolute Gasteiger partial charge is 0.255 e. The van der Waals surface area contributed by atoms with Gasteiger partial charge in [0.05, 0.1) is 11.6 Å². The quantitative estimate of drug-likeness (QED) is 0.500. The van der Waals surface area contributed by atoms with Crippen molar-refractivity contribution < 1.29 is 4.79 Å². The molecule has 3 nitrogen and oxygen atoms in total. The molecule has 1 amide bonds. The molecule has 1 atom stereocenters. The summed E-state index contributed by atoms with van der Waals surface area (Å²) in [6.45, 7) is 0.613. The van der Waals surface area contributed by atoms with Gasteiger partial charge < -0.3 is 4.90 Å². The van der Waals surface area contributed by atoms with E-state index in [-0.39, 0.29) is 11.9 Å². The number of benzene rings is 3. The molecule has 0 fully saturated rings. The van der Waals surface area contributed by atoms with Crippen LogP contribution in [0.25, 0.3) is 10.9 Å². The fourth-order valence-electron chi connectivity index (χ4n) is 4.17. The third kappa shape index (κ3) is 2.85. The molecule has 0 aliphatic carbocycles. The Bertz CT molecular complexity index is 1150. The first-order valence-corrected chi connectivity index (χ1v) is 9.58. The predicted molar refractivity (Wildman–Crippen MR) is 111 cm³/mol. The van der Waals surface area contributed by atoms with Crippen molar-refractivity contribution in [3.63, 3.8) is 0 Å². The maximum Gasteiger partial charge on any atom is 0.255 e. The second-order valence-corrected chi connectivity index (χ2v) is 7.21. The molecule has 2 heterocycles.